The van der Waals surface area contributed by atoms with Gasteiger partial charge in [0.15, 0.2) is 11.6 Å². The molecule has 0 fully saturated rings. The van der Waals surface area contributed by atoms with Crippen LogP contribution in [0.25, 0.3) is 11.5 Å². The molecule has 0 saturated carbocycles. The molecular weight excluding hydrogens is 352 g/mol. The van der Waals surface area contributed by atoms with Crippen LogP contribution in [0.4, 0.5) is 0 Å². The fourth-order valence-corrected chi connectivity index (χ4v) is 5.14. The molecular formula is C21H26N6O. The van der Waals surface area contributed by atoms with Crippen LogP contribution in [0.5, 0.6) is 0 Å². The Kier molecular flexibility index (Phi) is 3.90. The van der Waals surface area contributed by atoms with Crippen LogP contribution >= 0.6 is 0 Å². The highest BCUT2D eigenvalue weighted by atomic mass is 16.1. The van der Waals surface area contributed by atoms with Gasteiger partial charge in [-0.3, -0.25) is 9.48 Å². The Balaban J connectivity index is 1.91. The zero-order valence-electron chi connectivity index (χ0n) is 17.3. The van der Waals surface area contributed by atoms with E-state index in [9.17, 15) is 10.1 Å². The third kappa shape index (κ3) is 2.33. The number of ketones is 1. The van der Waals surface area contributed by atoms with Crippen molar-refractivity contribution in [2.45, 2.75) is 58.9 Å². The number of Topliss-reactive ketones (excluding diaryl/α,β-unsaturated/α-hetero) is 1. The lowest BCUT2D eigenvalue weighted by Gasteiger charge is -2.49. The van der Waals surface area contributed by atoms with Crippen molar-refractivity contribution < 1.29 is 4.79 Å². The summed E-state index contributed by atoms with van der Waals surface area (Å²) in [6.07, 6.45) is 5.28. The lowest BCUT2D eigenvalue weighted by atomic mass is 9.52. The molecule has 146 valence electrons. The Hall–Kier alpha value is -2.75. The number of hydrogen-bond acceptors (Lipinski definition) is 5. The van der Waals surface area contributed by atoms with Gasteiger partial charge in [0.1, 0.15) is 18.1 Å². The fourth-order valence-electron chi connectivity index (χ4n) is 5.14. The first-order chi connectivity index (χ1) is 13.1. The van der Waals surface area contributed by atoms with Gasteiger partial charge in [0, 0.05) is 29.5 Å². The van der Waals surface area contributed by atoms with Crippen LogP contribution in [0, 0.1) is 22.7 Å². The Bertz CT molecular complexity index is 1050. The normalized spacial score (nSPS) is 25.9. The summed E-state index contributed by atoms with van der Waals surface area (Å²) in [5, 5.41) is 19.1. The van der Waals surface area contributed by atoms with E-state index >= 15 is 0 Å². The first kappa shape index (κ1) is 18.6. The van der Waals surface area contributed by atoms with E-state index in [0.29, 0.717) is 5.82 Å². The Morgan fingerprint density at radius 3 is 2.61 bits per heavy atom. The van der Waals surface area contributed by atoms with Crippen molar-refractivity contribution in [3.63, 3.8) is 0 Å². The third-order valence-electron chi connectivity index (χ3n) is 6.58. The van der Waals surface area contributed by atoms with Crippen LogP contribution in [0.2, 0.25) is 0 Å². The van der Waals surface area contributed by atoms with Gasteiger partial charge in [-0.05, 0) is 32.6 Å². The van der Waals surface area contributed by atoms with Crippen molar-refractivity contribution in [3.8, 4) is 17.6 Å². The van der Waals surface area contributed by atoms with E-state index in [1.165, 1.54) is 0 Å². The minimum absolute atomic E-state index is 0.0607. The van der Waals surface area contributed by atoms with Crippen molar-refractivity contribution in [1.82, 2.24) is 24.5 Å². The zero-order chi connectivity index (χ0) is 20.4. The number of nitrogens with zero attached hydrogens (tertiary/aromatic N) is 6. The standard InChI is InChI=1S/C21H26N6O/c1-12(2)27-11-23-19(25-27)16-14-7-8-15-20(3,4)18(28)13(10-22)9-21(15,5)17(14)24-26(16)6/h9,11-12,15H,7-8H2,1-6H3/t15-,21?/m0/s1. The number of nitriles is 1. The molecule has 2 heterocycles. The highest BCUT2D eigenvalue weighted by Gasteiger charge is 2.55. The van der Waals surface area contributed by atoms with Gasteiger partial charge in [0.05, 0.1) is 11.3 Å². The van der Waals surface area contributed by atoms with Crippen LogP contribution in [0.3, 0.4) is 0 Å². The Morgan fingerprint density at radius 1 is 1.29 bits per heavy atom. The van der Waals surface area contributed by atoms with Crippen molar-refractivity contribution in [1.29, 1.82) is 5.26 Å². The second kappa shape index (κ2) is 5.87. The van der Waals surface area contributed by atoms with E-state index in [0.717, 1.165) is 29.8 Å². The second-order valence-electron chi connectivity index (χ2n) is 9.04. The largest absolute Gasteiger partial charge is 0.293 e. The van der Waals surface area contributed by atoms with E-state index in [2.05, 4.69) is 36.9 Å². The summed E-state index contributed by atoms with van der Waals surface area (Å²) < 4.78 is 3.69. The number of aromatic nitrogens is 5. The van der Waals surface area contributed by atoms with E-state index in [4.69, 9.17) is 5.10 Å². The first-order valence-corrected chi connectivity index (χ1v) is 9.77. The maximum absolute atomic E-state index is 12.8. The van der Waals surface area contributed by atoms with Crippen LogP contribution in [-0.4, -0.2) is 30.3 Å². The van der Waals surface area contributed by atoms with Crippen molar-refractivity contribution in [2.75, 3.05) is 0 Å². The molecule has 0 aromatic carbocycles. The second-order valence-corrected chi connectivity index (χ2v) is 9.04. The molecule has 7 nitrogen and oxygen atoms in total. The molecule has 0 radical (unpaired) electrons. The molecule has 0 amide bonds. The number of aryl methyl sites for hydroxylation is 1. The number of fused-ring (bicyclic) bond motifs is 3. The molecule has 2 aliphatic carbocycles. The molecule has 4 rings (SSSR count). The van der Waals surface area contributed by atoms with Gasteiger partial charge < -0.3 is 0 Å². The van der Waals surface area contributed by atoms with Gasteiger partial charge in [0.2, 0.25) is 0 Å². The fraction of sp³-hybridized carbons (Fsp3) is 0.571. The van der Waals surface area contributed by atoms with Gasteiger partial charge in [0.25, 0.3) is 0 Å². The summed E-state index contributed by atoms with van der Waals surface area (Å²) in [7, 11) is 1.91. The molecule has 2 aromatic heterocycles. The molecule has 0 aliphatic heterocycles. The predicted octanol–water partition coefficient (Wildman–Crippen LogP) is 3.14. The average molecular weight is 378 g/mol. The van der Waals surface area contributed by atoms with Crippen molar-refractivity contribution in [2.24, 2.45) is 18.4 Å². The molecule has 2 aliphatic rings. The predicted molar refractivity (Wildman–Crippen MR) is 104 cm³/mol. The minimum atomic E-state index is -0.596. The van der Waals surface area contributed by atoms with Gasteiger partial charge in [-0.15, -0.1) is 5.10 Å². The molecule has 0 bridgehead atoms. The lowest BCUT2D eigenvalue weighted by Crippen LogP contribution is -2.51. The molecule has 7 heteroatoms. The Morgan fingerprint density at radius 2 is 2.00 bits per heavy atom. The SMILES string of the molecule is CC(C)n1cnc(-c2c3c(nn2C)C2(C)C=C(C#N)C(=O)C(C)(C)[C@@H]2CC3)n1. The van der Waals surface area contributed by atoms with E-state index < -0.39 is 10.8 Å². The molecule has 2 aromatic rings. The van der Waals surface area contributed by atoms with Crippen molar-refractivity contribution in [3.05, 3.63) is 29.2 Å². The van der Waals surface area contributed by atoms with E-state index in [1.807, 2.05) is 36.3 Å². The summed E-state index contributed by atoms with van der Waals surface area (Å²) >= 11 is 0. The van der Waals surface area contributed by atoms with Gasteiger partial charge in [-0.2, -0.15) is 10.4 Å². The van der Waals surface area contributed by atoms with E-state index in [-0.39, 0.29) is 23.3 Å². The molecule has 28 heavy (non-hydrogen) atoms. The highest BCUT2D eigenvalue weighted by Crippen LogP contribution is 2.55. The smallest absolute Gasteiger partial charge is 0.199 e. The highest BCUT2D eigenvalue weighted by molar-refractivity contribution is 6.04. The molecule has 1 unspecified atom stereocenters. The van der Waals surface area contributed by atoms with Gasteiger partial charge in [-0.1, -0.05) is 26.8 Å². The molecule has 0 spiro atoms. The monoisotopic (exact) mass is 378 g/mol. The topological polar surface area (TPSA) is 89.4 Å². The number of allylic oxidation sites excluding steroid dienone is 2. The first-order valence-electron chi connectivity index (χ1n) is 9.77. The van der Waals surface area contributed by atoms with Gasteiger partial charge >= 0.3 is 0 Å². The maximum atomic E-state index is 12.8. The lowest BCUT2D eigenvalue weighted by molar-refractivity contribution is -0.128. The summed E-state index contributed by atoms with van der Waals surface area (Å²) in [6.45, 7) is 10.2. The number of carbonyl (C=O) groups excluding carboxylic acids is 1. The molecule has 2 atom stereocenters. The minimum Gasteiger partial charge on any atom is -0.293 e. The summed E-state index contributed by atoms with van der Waals surface area (Å²) in [5.41, 5.74) is 2.17. The van der Waals surface area contributed by atoms with Crippen LogP contribution in [0.15, 0.2) is 18.0 Å². The quantitative estimate of drug-likeness (QED) is 0.801. The van der Waals surface area contributed by atoms with Crippen molar-refractivity contribution >= 4 is 5.78 Å². The zero-order valence-corrected chi connectivity index (χ0v) is 17.3. The van der Waals surface area contributed by atoms with Gasteiger partial charge in [-0.25, -0.2) is 9.67 Å². The van der Waals surface area contributed by atoms with E-state index in [1.54, 1.807) is 6.33 Å². The molecule has 0 N–H and O–H groups in total. The summed E-state index contributed by atoms with van der Waals surface area (Å²) in [6, 6.07) is 2.35. The number of hydrogen-bond donors (Lipinski definition) is 0. The van der Waals surface area contributed by atoms with Crippen LogP contribution in [0.1, 0.15) is 58.3 Å². The maximum Gasteiger partial charge on any atom is 0.199 e. The van der Waals surface area contributed by atoms with Crippen LogP contribution < -0.4 is 0 Å². The number of rotatable bonds is 2. The number of carbonyl (C=O) groups is 1. The summed E-state index contributed by atoms with van der Waals surface area (Å²) in [5.74, 6) is 0.707. The summed E-state index contributed by atoms with van der Waals surface area (Å²) in [4.78, 5) is 17.3. The Labute approximate surface area is 165 Å². The average Bonchev–Trinajstić information content (AvgIpc) is 3.23. The third-order valence-corrected chi connectivity index (χ3v) is 6.58. The molecule has 0 saturated heterocycles. The van der Waals surface area contributed by atoms with Crippen LogP contribution in [-0.2, 0) is 23.7 Å².